The Hall–Kier alpha value is -1.66. The van der Waals surface area contributed by atoms with Gasteiger partial charge in [0, 0.05) is 37.7 Å². The average molecular weight is 405 g/mol. The lowest BCUT2D eigenvalue weighted by Gasteiger charge is -2.33. The largest absolute Gasteiger partial charge is 0.297 e. The van der Waals surface area contributed by atoms with Crippen LogP contribution in [0.4, 0.5) is 0 Å². The van der Waals surface area contributed by atoms with Gasteiger partial charge in [0.05, 0.1) is 4.90 Å². The van der Waals surface area contributed by atoms with Crippen molar-refractivity contribution in [2.24, 2.45) is 0 Å². The predicted octanol–water partition coefficient (Wildman–Crippen LogP) is 3.98. The summed E-state index contributed by atoms with van der Waals surface area (Å²) in [4.78, 5) is 2.63. The second-order valence-corrected chi connectivity index (χ2v) is 9.20. The van der Waals surface area contributed by atoms with Crippen LogP contribution in [-0.2, 0) is 10.0 Å². The van der Waals surface area contributed by atoms with E-state index >= 15 is 0 Å². The van der Waals surface area contributed by atoms with Crippen molar-refractivity contribution in [3.8, 4) is 0 Å². The Morgan fingerprint density at radius 3 is 2.33 bits per heavy atom. The molecule has 0 bridgehead atoms. The summed E-state index contributed by atoms with van der Waals surface area (Å²) >= 11 is 6.11. The molecular formula is C21H25ClN2O2S. The highest BCUT2D eigenvalue weighted by molar-refractivity contribution is 7.89. The zero-order chi connectivity index (χ0) is 19.4. The van der Waals surface area contributed by atoms with Gasteiger partial charge in [0.2, 0.25) is 10.0 Å². The van der Waals surface area contributed by atoms with Gasteiger partial charge in [0.25, 0.3) is 0 Å². The second kappa shape index (κ2) is 8.57. The second-order valence-electron chi connectivity index (χ2n) is 6.88. The van der Waals surface area contributed by atoms with Crippen LogP contribution in [0.2, 0.25) is 5.02 Å². The number of halogens is 1. The van der Waals surface area contributed by atoms with Crippen molar-refractivity contribution in [1.29, 1.82) is 0 Å². The third-order valence-corrected chi connectivity index (χ3v) is 7.33. The van der Waals surface area contributed by atoms with Gasteiger partial charge in [-0.2, -0.15) is 4.31 Å². The molecule has 2 aromatic carbocycles. The minimum atomic E-state index is -3.49. The van der Waals surface area contributed by atoms with Crippen LogP contribution in [0.15, 0.2) is 53.4 Å². The summed E-state index contributed by atoms with van der Waals surface area (Å²) in [5.74, 6) is 0. The first kappa shape index (κ1) is 20.1. The number of aryl methyl sites for hydroxylation is 2. The molecule has 0 amide bonds. The van der Waals surface area contributed by atoms with Crippen molar-refractivity contribution in [2.75, 3.05) is 32.7 Å². The van der Waals surface area contributed by atoms with Gasteiger partial charge in [0.1, 0.15) is 0 Å². The molecule has 4 nitrogen and oxygen atoms in total. The summed E-state index contributed by atoms with van der Waals surface area (Å²) in [5.41, 5.74) is 2.65. The number of hydrogen-bond donors (Lipinski definition) is 0. The lowest BCUT2D eigenvalue weighted by Crippen LogP contribution is -2.48. The van der Waals surface area contributed by atoms with E-state index in [1.54, 1.807) is 23.4 Å². The number of rotatable bonds is 5. The van der Waals surface area contributed by atoms with E-state index in [1.807, 2.05) is 25.1 Å². The molecule has 0 atom stereocenters. The van der Waals surface area contributed by atoms with Crippen LogP contribution in [0.5, 0.6) is 0 Å². The van der Waals surface area contributed by atoms with Crippen LogP contribution in [-0.4, -0.2) is 50.3 Å². The van der Waals surface area contributed by atoms with E-state index < -0.39 is 10.0 Å². The zero-order valence-electron chi connectivity index (χ0n) is 15.7. The van der Waals surface area contributed by atoms with Crippen LogP contribution >= 0.6 is 11.6 Å². The third-order valence-electron chi connectivity index (χ3n) is 4.88. The number of benzene rings is 2. The Morgan fingerprint density at radius 1 is 1.00 bits per heavy atom. The molecule has 0 aromatic heterocycles. The number of piperazine rings is 1. The van der Waals surface area contributed by atoms with Crippen LogP contribution in [0, 0.1) is 13.8 Å². The van der Waals surface area contributed by atoms with E-state index in [4.69, 9.17) is 11.6 Å². The Kier molecular flexibility index (Phi) is 6.37. The molecule has 144 valence electrons. The highest BCUT2D eigenvalue weighted by Gasteiger charge is 2.29. The topological polar surface area (TPSA) is 40.6 Å². The van der Waals surface area contributed by atoms with Gasteiger partial charge < -0.3 is 0 Å². The van der Waals surface area contributed by atoms with Gasteiger partial charge in [-0.25, -0.2) is 8.42 Å². The lowest BCUT2D eigenvalue weighted by atomic mass is 10.2. The van der Waals surface area contributed by atoms with Gasteiger partial charge >= 0.3 is 0 Å². The first-order valence-electron chi connectivity index (χ1n) is 9.09. The van der Waals surface area contributed by atoms with E-state index in [0.29, 0.717) is 28.6 Å². The van der Waals surface area contributed by atoms with Gasteiger partial charge in [0.15, 0.2) is 0 Å². The first-order chi connectivity index (χ1) is 12.9. The standard InChI is InChI=1S/C21H25ClN2O2S/c1-17-16-21(18(2)15-20(17)22)27(25,26)24-13-11-23(12-14-24)10-6-9-19-7-4-3-5-8-19/h3-9,15-16H,10-14H2,1-2H3. The van der Waals surface area contributed by atoms with Crippen molar-refractivity contribution in [2.45, 2.75) is 18.7 Å². The Bertz CT molecular complexity index is 919. The lowest BCUT2D eigenvalue weighted by molar-refractivity contribution is 0.204. The SMILES string of the molecule is Cc1cc(S(=O)(=O)N2CCN(CC=Cc3ccccc3)CC2)c(C)cc1Cl. The summed E-state index contributed by atoms with van der Waals surface area (Å²) in [5, 5.41) is 0.599. The molecule has 27 heavy (non-hydrogen) atoms. The van der Waals surface area contributed by atoms with Crippen molar-refractivity contribution < 1.29 is 8.42 Å². The van der Waals surface area contributed by atoms with Crippen molar-refractivity contribution >= 4 is 27.7 Å². The molecular weight excluding hydrogens is 380 g/mol. The fraction of sp³-hybridized carbons (Fsp3) is 0.333. The summed E-state index contributed by atoms with van der Waals surface area (Å²) in [6.45, 7) is 6.90. The molecule has 0 aliphatic carbocycles. The summed E-state index contributed by atoms with van der Waals surface area (Å²) in [6, 6.07) is 13.6. The molecule has 1 fully saturated rings. The summed E-state index contributed by atoms with van der Waals surface area (Å²) in [6.07, 6.45) is 4.23. The highest BCUT2D eigenvalue weighted by atomic mass is 35.5. The maximum absolute atomic E-state index is 13.0. The molecule has 6 heteroatoms. The van der Waals surface area contributed by atoms with Crippen LogP contribution in [0.3, 0.4) is 0 Å². The molecule has 1 aliphatic heterocycles. The number of nitrogens with zero attached hydrogens (tertiary/aromatic N) is 2. The van der Waals surface area contributed by atoms with Crippen LogP contribution in [0.25, 0.3) is 6.08 Å². The summed E-state index contributed by atoms with van der Waals surface area (Å²) < 4.78 is 27.6. The average Bonchev–Trinajstić information content (AvgIpc) is 2.66. The van der Waals surface area contributed by atoms with Gasteiger partial charge in [-0.05, 0) is 42.7 Å². The Balaban J connectivity index is 1.61. The quantitative estimate of drug-likeness (QED) is 0.756. The Morgan fingerprint density at radius 2 is 1.67 bits per heavy atom. The van der Waals surface area contributed by atoms with E-state index in [-0.39, 0.29) is 0 Å². The predicted molar refractivity (Wildman–Crippen MR) is 112 cm³/mol. The number of hydrogen-bond acceptors (Lipinski definition) is 3. The zero-order valence-corrected chi connectivity index (χ0v) is 17.3. The molecule has 3 rings (SSSR count). The maximum Gasteiger partial charge on any atom is 0.243 e. The first-order valence-corrected chi connectivity index (χ1v) is 10.9. The van der Waals surface area contributed by atoms with E-state index in [9.17, 15) is 8.42 Å². The van der Waals surface area contributed by atoms with E-state index in [2.05, 4.69) is 29.2 Å². The molecule has 1 saturated heterocycles. The molecule has 0 spiro atoms. The van der Waals surface area contributed by atoms with Crippen molar-refractivity contribution in [1.82, 2.24) is 9.21 Å². The van der Waals surface area contributed by atoms with Gasteiger partial charge in [-0.3, -0.25) is 4.90 Å². The molecule has 1 aliphatic rings. The minimum Gasteiger partial charge on any atom is -0.297 e. The van der Waals surface area contributed by atoms with Crippen LogP contribution < -0.4 is 0 Å². The molecule has 0 saturated carbocycles. The molecule has 2 aromatic rings. The summed E-state index contributed by atoms with van der Waals surface area (Å²) in [7, 11) is -3.49. The van der Waals surface area contributed by atoms with Crippen LogP contribution in [0.1, 0.15) is 16.7 Å². The highest BCUT2D eigenvalue weighted by Crippen LogP contribution is 2.26. The third kappa shape index (κ3) is 4.79. The molecule has 0 N–H and O–H groups in total. The van der Waals surface area contributed by atoms with Crippen molar-refractivity contribution in [3.05, 3.63) is 70.3 Å². The fourth-order valence-electron chi connectivity index (χ4n) is 3.23. The van der Waals surface area contributed by atoms with E-state index in [0.717, 1.165) is 25.2 Å². The Labute approximate surface area is 167 Å². The smallest absolute Gasteiger partial charge is 0.243 e. The number of sulfonamides is 1. The normalized spacial score (nSPS) is 16.9. The molecule has 0 unspecified atom stereocenters. The molecule has 1 heterocycles. The fourth-order valence-corrected chi connectivity index (χ4v) is 5.16. The maximum atomic E-state index is 13.0. The van der Waals surface area contributed by atoms with Crippen molar-refractivity contribution in [3.63, 3.8) is 0 Å². The monoisotopic (exact) mass is 404 g/mol. The van der Waals surface area contributed by atoms with Gasteiger partial charge in [-0.15, -0.1) is 0 Å². The minimum absolute atomic E-state index is 0.363. The molecule has 0 radical (unpaired) electrons. The van der Waals surface area contributed by atoms with Gasteiger partial charge in [-0.1, -0.05) is 54.1 Å². The van der Waals surface area contributed by atoms with E-state index in [1.165, 1.54) is 5.56 Å².